The molecule has 8 nitrogen and oxygen atoms in total. The Balaban J connectivity index is 1.81. The fraction of sp³-hybridized carbons (Fsp3) is 0.778. The topological polar surface area (TPSA) is 88.7 Å². The largest absolute Gasteiger partial charge is 0.473 e. The van der Waals surface area contributed by atoms with Gasteiger partial charge in [0.2, 0.25) is 5.88 Å². The third-order valence-corrected chi connectivity index (χ3v) is 8.89. The molecule has 8 heteroatoms. The smallest absolute Gasteiger partial charge is 0.408 e. The van der Waals surface area contributed by atoms with Crippen LogP contribution in [0.4, 0.5) is 4.79 Å². The summed E-state index contributed by atoms with van der Waals surface area (Å²) in [7, 11) is 1.76. The van der Waals surface area contributed by atoms with Crippen molar-refractivity contribution in [2.24, 2.45) is 29.2 Å². The number of carbonyl (C=O) groups is 1. The van der Waals surface area contributed by atoms with Crippen molar-refractivity contribution in [2.45, 2.75) is 85.4 Å². The van der Waals surface area contributed by atoms with Gasteiger partial charge in [-0.1, -0.05) is 41.5 Å². The summed E-state index contributed by atoms with van der Waals surface area (Å²) >= 11 is 0. The number of ether oxygens (including phenoxy) is 1. The van der Waals surface area contributed by atoms with Gasteiger partial charge >= 0.3 is 11.8 Å². The molecule has 0 aromatic carbocycles. The molecule has 1 spiro atoms. The van der Waals surface area contributed by atoms with Gasteiger partial charge in [-0.05, 0) is 60.5 Å². The lowest BCUT2D eigenvalue weighted by atomic mass is 9.50. The van der Waals surface area contributed by atoms with Crippen LogP contribution in [0, 0.1) is 22.2 Å². The van der Waals surface area contributed by atoms with Gasteiger partial charge in [0.1, 0.15) is 12.3 Å². The van der Waals surface area contributed by atoms with Gasteiger partial charge in [-0.2, -0.15) is 0 Å². The summed E-state index contributed by atoms with van der Waals surface area (Å²) in [4.78, 5) is 28.3. The number of amides is 1. The normalized spacial score (nSPS) is 32.5. The Morgan fingerprint density at radius 1 is 1.23 bits per heavy atom. The molecule has 1 aromatic heterocycles. The summed E-state index contributed by atoms with van der Waals surface area (Å²) in [5.74, 6) is 0.666. The Kier molecular flexibility index (Phi) is 5.34. The number of fused-ring (bicyclic) bond motifs is 3. The van der Waals surface area contributed by atoms with E-state index < -0.39 is 11.6 Å². The predicted octanol–water partition coefficient (Wildman–Crippen LogP) is 3.94. The number of hydrogen-bond acceptors (Lipinski definition) is 4. The van der Waals surface area contributed by atoms with Gasteiger partial charge in [0.25, 0.3) is 0 Å². The molecule has 4 aliphatic rings. The molecule has 3 fully saturated rings. The highest BCUT2D eigenvalue weighted by atomic mass is 16.5. The van der Waals surface area contributed by atoms with Crippen LogP contribution < -0.4 is 15.7 Å². The van der Waals surface area contributed by atoms with Crippen molar-refractivity contribution >= 4 is 11.7 Å². The van der Waals surface area contributed by atoms with E-state index in [4.69, 9.17) is 4.74 Å². The first-order valence-electron chi connectivity index (χ1n) is 13.1. The first-order valence-corrected chi connectivity index (χ1v) is 13.1. The van der Waals surface area contributed by atoms with Crippen molar-refractivity contribution in [1.29, 1.82) is 0 Å². The van der Waals surface area contributed by atoms with Crippen molar-refractivity contribution in [2.75, 3.05) is 19.7 Å². The van der Waals surface area contributed by atoms with Crippen molar-refractivity contribution in [3.8, 4) is 5.88 Å². The second kappa shape index (κ2) is 7.64. The van der Waals surface area contributed by atoms with E-state index in [0.29, 0.717) is 19.0 Å². The highest BCUT2D eigenvalue weighted by Crippen LogP contribution is 2.66. The average Bonchev–Trinajstić information content (AvgIpc) is 3.37. The van der Waals surface area contributed by atoms with E-state index in [-0.39, 0.29) is 33.9 Å². The van der Waals surface area contributed by atoms with Crippen LogP contribution in [0.1, 0.15) is 72.9 Å². The molecule has 194 valence electrons. The lowest BCUT2D eigenvalue weighted by Gasteiger charge is -2.61. The van der Waals surface area contributed by atoms with Gasteiger partial charge in [0.15, 0.2) is 0 Å². The van der Waals surface area contributed by atoms with Crippen LogP contribution in [-0.4, -0.2) is 56.5 Å². The highest BCUT2D eigenvalue weighted by molar-refractivity contribution is 5.82. The standard InChI is InChI=1S/C27H42N4O4/c1-24(2,3)16-30-19-18(9-13-35-20(19)29(7)22(30)32)27-10-8-17(31(27)23(33)34)14-26(11-12-28-15-26)21(27)25(4,5)6/h9,17,21,28H,8,10-16H2,1-7H3,(H,33,34). The zero-order chi connectivity index (χ0) is 25.6. The summed E-state index contributed by atoms with van der Waals surface area (Å²) in [5.41, 5.74) is 0.708. The number of imidazole rings is 1. The van der Waals surface area contributed by atoms with E-state index in [2.05, 4.69) is 52.9 Å². The second-order valence-electron chi connectivity index (χ2n) is 13.6. The number of rotatable bonds is 2. The molecule has 4 aliphatic heterocycles. The van der Waals surface area contributed by atoms with Crippen LogP contribution in [0.3, 0.4) is 0 Å². The monoisotopic (exact) mass is 486 g/mol. The van der Waals surface area contributed by atoms with E-state index in [1.807, 2.05) is 4.57 Å². The molecule has 1 amide bonds. The van der Waals surface area contributed by atoms with Crippen molar-refractivity contribution in [3.63, 3.8) is 0 Å². The fourth-order valence-corrected chi connectivity index (χ4v) is 8.46. The maximum Gasteiger partial charge on any atom is 0.408 e. The maximum absolute atomic E-state index is 13.5. The summed E-state index contributed by atoms with van der Waals surface area (Å²) < 4.78 is 9.52. The summed E-state index contributed by atoms with van der Waals surface area (Å²) in [6, 6.07) is -0.00954. The molecule has 35 heavy (non-hydrogen) atoms. The molecule has 0 radical (unpaired) electrons. The third-order valence-electron chi connectivity index (χ3n) is 8.89. The Morgan fingerprint density at radius 3 is 2.51 bits per heavy atom. The first-order chi connectivity index (χ1) is 16.2. The number of nitrogens with one attached hydrogen (secondary N) is 1. The number of nitrogens with zero attached hydrogens (tertiary/aromatic N) is 3. The summed E-state index contributed by atoms with van der Waals surface area (Å²) in [5, 5.41) is 14.3. The van der Waals surface area contributed by atoms with Gasteiger partial charge in [0, 0.05) is 31.8 Å². The minimum atomic E-state index is -0.850. The van der Waals surface area contributed by atoms with Crippen LogP contribution >= 0.6 is 0 Å². The number of aromatic nitrogens is 2. The van der Waals surface area contributed by atoms with Gasteiger partial charge in [-0.15, -0.1) is 0 Å². The predicted molar refractivity (Wildman–Crippen MR) is 136 cm³/mol. The molecular formula is C27H42N4O4. The number of carboxylic acid groups (broad SMARTS) is 1. The van der Waals surface area contributed by atoms with Crippen molar-refractivity contribution in [1.82, 2.24) is 19.4 Å². The van der Waals surface area contributed by atoms with E-state index in [1.54, 1.807) is 16.5 Å². The SMILES string of the molecule is Cn1c2c(n(CC(C)(C)C)c1=O)C(C13CCC(CC4(CCNC4)C1C(C)(C)C)N3C(=O)O)=CCO2. The molecule has 4 atom stereocenters. The number of piperidine rings is 1. The van der Waals surface area contributed by atoms with Crippen molar-refractivity contribution in [3.05, 3.63) is 22.3 Å². The molecule has 0 saturated carbocycles. The quantitative estimate of drug-likeness (QED) is 0.661. The molecular weight excluding hydrogens is 444 g/mol. The molecule has 5 rings (SSSR count). The molecule has 2 bridgehead atoms. The van der Waals surface area contributed by atoms with E-state index in [9.17, 15) is 14.7 Å². The van der Waals surface area contributed by atoms with Gasteiger partial charge in [0.05, 0.1) is 5.54 Å². The maximum atomic E-state index is 13.5. The van der Waals surface area contributed by atoms with E-state index >= 15 is 0 Å². The third kappa shape index (κ3) is 3.42. The van der Waals surface area contributed by atoms with Crippen LogP contribution in [0.25, 0.3) is 5.57 Å². The van der Waals surface area contributed by atoms with Gasteiger partial charge < -0.3 is 15.2 Å². The lowest BCUT2D eigenvalue weighted by molar-refractivity contribution is -0.0830. The van der Waals surface area contributed by atoms with Gasteiger partial charge in [-0.3, -0.25) is 14.0 Å². The molecule has 5 heterocycles. The van der Waals surface area contributed by atoms with Crippen LogP contribution in [0.2, 0.25) is 0 Å². The van der Waals surface area contributed by atoms with E-state index in [1.165, 1.54) is 0 Å². The summed E-state index contributed by atoms with van der Waals surface area (Å²) in [6.07, 6.45) is 4.82. The Hall–Kier alpha value is -2.22. The molecule has 0 aliphatic carbocycles. The van der Waals surface area contributed by atoms with Crippen molar-refractivity contribution < 1.29 is 14.6 Å². The second-order valence-corrected chi connectivity index (χ2v) is 13.6. The fourth-order valence-electron chi connectivity index (χ4n) is 8.46. The van der Waals surface area contributed by atoms with Crippen LogP contribution in [0.15, 0.2) is 10.9 Å². The van der Waals surface area contributed by atoms with Crippen LogP contribution in [0.5, 0.6) is 5.88 Å². The molecule has 3 saturated heterocycles. The van der Waals surface area contributed by atoms with Gasteiger partial charge in [-0.25, -0.2) is 9.59 Å². The molecule has 2 N–H and O–H groups in total. The van der Waals surface area contributed by atoms with Crippen LogP contribution in [-0.2, 0) is 13.6 Å². The zero-order valence-electron chi connectivity index (χ0n) is 22.4. The molecule has 4 unspecified atom stereocenters. The summed E-state index contributed by atoms with van der Waals surface area (Å²) in [6.45, 7) is 15.9. The Bertz CT molecular complexity index is 1130. The highest BCUT2D eigenvalue weighted by Gasteiger charge is 2.69. The first kappa shape index (κ1) is 24.5. The zero-order valence-corrected chi connectivity index (χ0v) is 22.4. The lowest BCUT2D eigenvalue weighted by Crippen LogP contribution is -2.68. The minimum absolute atomic E-state index is 0.00954. The Labute approximate surface area is 208 Å². The number of hydrogen-bond donors (Lipinski definition) is 2. The molecule has 1 aromatic rings. The van der Waals surface area contributed by atoms with E-state index in [0.717, 1.165) is 50.0 Å². The average molecular weight is 487 g/mol. The Morgan fingerprint density at radius 2 is 1.94 bits per heavy atom. The minimum Gasteiger partial charge on any atom is -0.473 e.